The van der Waals surface area contributed by atoms with E-state index in [1.54, 1.807) is 7.11 Å². The van der Waals surface area contributed by atoms with Crippen molar-refractivity contribution < 1.29 is 4.74 Å². The Morgan fingerprint density at radius 1 is 1.15 bits per heavy atom. The first-order valence-corrected chi connectivity index (χ1v) is 6.84. The van der Waals surface area contributed by atoms with E-state index < -0.39 is 0 Å². The molecule has 0 amide bonds. The topological polar surface area (TPSA) is 47.0 Å². The Balaban J connectivity index is 2.28. The molecule has 1 heterocycles. The van der Waals surface area contributed by atoms with Crippen LogP contribution in [-0.2, 0) is 11.2 Å². The van der Waals surface area contributed by atoms with Gasteiger partial charge in [0.2, 0.25) is 0 Å². The van der Waals surface area contributed by atoms with Gasteiger partial charge >= 0.3 is 0 Å². The van der Waals surface area contributed by atoms with Crippen LogP contribution in [-0.4, -0.2) is 23.7 Å². The van der Waals surface area contributed by atoms with Crippen molar-refractivity contribution in [3.05, 3.63) is 46.4 Å². The molecule has 0 saturated carbocycles. The molecule has 0 aliphatic carbocycles. The summed E-state index contributed by atoms with van der Waals surface area (Å²) < 4.78 is 5.13. The van der Waals surface area contributed by atoms with Gasteiger partial charge < -0.3 is 10.1 Å². The number of hydrogen-bond donors (Lipinski definition) is 1. The molecule has 0 atom stereocenters. The average Bonchev–Trinajstić information content (AvgIpc) is 2.44. The number of para-hydroxylation sites is 1. The van der Waals surface area contributed by atoms with Gasteiger partial charge in [0.05, 0.1) is 18.0 Å². The van der Waals surface area contributed by atoms with Crippen molar-refractivity contribution in [2.24, 2.45) is 0 Å². The summed E-state index contributed by atoms with van der Waals surface area (Å²) in [5, 5.41) is 3.64. The van der Waals surface area contributed by atoms with Crippen molar-refractivity contribution in [1.82, 2.24) is 9.97 Å². The van der Waals surface area contributed by atoms with Crippen LogP contribution in [0.2, 0.25) is 5.15 Å². The summed E-state index contributed by atoms with van der Waals surface area (Å²) in [6.07, 6.45) is 0.829. The van der Waals surface area contributed by atoms with E-state index in [1.165, 1.54) is 0 Å². The quantitative estimate of drug-likeness (QED) is 0.913. The van der Waals surface area contributed by atoms with Crippen molar-refractivity contribution in [2.75, 3.05) is 19.0 Å². The molecule has 0 aliphatic rings. The van der Waals surface area contributed by atoms with Crippen molar-refractivity contribution in [3.8, 4) is 0 Å². The minimum atomic E-state index is 0.384. The van der Waals surface area contributed by atoms with E-state index in [9.17, 15) is 0 Å². The molecule has 0 unspecified atom stereocenters. The molecular formula is C15H18ClN3O. The largest absolute Gasteiger partial charge is 0.384 e. The van der Waals surface area contributed by atoms with E-state index >= 15 is 0 Å². The van der Waals surface area contributed by atoms with Crippen LogP contribution < -0.4 is 5.32 Å². The van der Waals surface area contributed by atoms with E-state index in [0.29, 0.717) is 17.6 Å². The van der Waals surface area contributed by atoms with Crippen LogP contribution in [0.3, 0.4) is 0 Å². The first-order valence-electron chi connectivity index (χ1n) is 6.46. The summed E-state index contributed by atoms with van der Waals surface area (Å²) in [6.45, 7) is 4.48. The van der Waals surface area contributed by atoms with Gasteiger partial charge in [-0.05, 0) is 31.9 Å². The maximum atomic E-state index is 6.15. The van der Waals surface area contributed by atoms with Gasteiger partial charge in [-0.1, -0.05) is 29.8 Å². The molecule has 0 radical (unpaired) electrons. The van der Waals surface area contributed by atoms with E-state index in [-0.39, 0.29) is 0 Å². The lowest BCUT2D eigenvalue weighted by Gasteiger charge is -2.13. The molecule has 0 bridgehead atoms. The molecule has 0 saturated heterocycles. The number of ether oxygens (including phenoxy) is 1. The van der Waals surface area contributed by atoms with Crippen molar-refractivity contribution in [1.29, 1.82) is 0 Å². The number of aromatic nitrogens is 2. The smallest absolute Gasteiger partial charge is 0.172 e. The van der Waals surface area contributed by atoms with Crippen LogP contribution >= 0.6 is 11.6 Å². The SMILES string of the molecule is COCCc1ccccc1Nc1nc(C)c(C)nc1Cl. The molecule has 106 valence electrons. The zero-order valence-corrected chi connectivity index (χ0v) is 12.7. The maximum absolute atomic E-state index is 6.15. The van der Waals surface area contributed by atoms with Gasteiger partial charge in [0.1, 0.15) is 0 Å². The highest BCUT2D eigenvalue weighted by molar-refractivity contribution is 6.31. The lowest BCUT2D eigenvalue weighted by atomic mass is 10.1. The molecule has 1 aromatic heterocycles. The van der Waals surface area contributed by atoms with Crippen LogP contribution in [0.1, 0.15) is 17.0 Å². The fourth-order valence-corrected chi connectivity index (χ4v) is 2.07. The molecule has 0 aliphatic heterocycles. The zero-order valence-electron chi connectivity index (χ0n) is 11.9. The van der Waals surface area contributed by atoms with Crippen LogP contribution in [0, 0.1) is 13.8 Å². The van der Waals surface area contributed by atoms with E-state index in [0.717, 1.165) is 29.1 Å². The second-order valence-electron chi connectivity index (χ2n) is 4.56. The number of nitrogens with one attached hydrogen (secondary N) is 1. The Bertz CT molecular complexity index is 602. The summed E-state index contributed by atoms with van der Waals surface area (Å²) in [7, 11) is 1.70. The van der Waals surface area contributed by atoms with Crippen LogP contribution in [0.25, 0.3) is 0 Å². The highest BCUT2D eigenvalue weighted by atomic mass is 35.5. The second kappa shape index (κ2) is 6.68. The first kappa shape index (κ1) is 14.8. The standard InChI is InChI=1S/C15H18ClN3O/c1-10-11(2)18-15(14(16)17-10)19-13-7-5-4-6-12(13)8-9-20-3/h4-7H,8-9H2,1-3H3,(H,18,19). The molecule has 4 nitrogen and oxygen atoms in total. The molecule has 5 heteroatoms. The van der Waals surface area contributed by atoms with Gasteiger partial charge in [0, 0.05) is 12.8 Å². The molecule has 1 N–H and O–H groups in total. The van der Waals surface area contributed by atoms with Gasteiger partial charge in [0.15, 0.2) is 11.0 Å². The third kappa shape index (κ3) is 3.46. The number of hydrogen-bond acceptors (Lipinski definition) is 4. The monoisotopic (exact) mass is 291 g/mol. The predicted octanol–water partition coefficient (Wildman–Crippen LogP) is 3.68. The minimum Gasteiger partial charge on any atom is -0.384 e. The first-order chi connectivity index (χ1) is 9.61. The number of rotatable bonds is 5. The third-order valence-electron chi connectivity index (χ3n) is 3.11. The number of anilines is 2. The number of halogens is 1. The van der Waals surface area contributed by atoms with Gasteiger partial charge in [-0.25, -0.2) is 9.97 Å². The fourth-order valence-electron chi connectivity index (χ4n) is 1.86. The summed E-state index contributed by atoms with van der Waals surface area (Å²) >= 11 is 6.15. The Hall–Kier alpha value is -1.65. The van der Waals surface area contributed by atoms with Crippen LogP contribution in [0.5, 0.6) is 0 Å². The number of nitrogens with zero attached hydrogens (tertiary/aromatic N) is 2. The number of methoxy groups -OCH3 is 1. The molecular weight excluding hydrogens is 274 g/mol. The van der Waals surface area contributed by atoms with Crippen LogP contribution in [0.15, 0.2) is 24.3 Å². The summed E-state index contributed by atoms with van der Waals surface area (Å²) in [5.41, 5.74) is 3.84. The maximum Gasteiger partial charge on any atom is 0.172 e. The Morgan fingerprint density at radius 3 is 2.60 bits per heavy atom. The summed E-state index contributed by atoms with van der Waals surface area (Å²) in [6, 6.07) is 8.03. The Kier molecular flexibility index (Phi) is 4.93. The summed E-state index contributed by atoms with van der Waals surface area (Å²) in [4.78, 5) is 8.73. The fraction of sp³-hybridized carbons (Fsp3) is 0.333. The Labute approximate surface area is 124 Å². The second-order valence-corrected chi connectivity index (χ2v) is 4.92. The van der Waals surface area contributed by atoms with Gasteiger partial charge in [0.25, 0.3) is 0 Å². The lowest BCUT2D eigenvalue weighted by molar-refractivity contribution is 0.202. The van der Waals surface area contributed by atoms with Crippen molar-refractivity contribution >= 4 is 23.1 Å². The zero-order chi connectivity index (χ0) is 14.5. The number of aryl methyl sites for hydroxylation is 2. The molecule has 20 heavy (non-hydrogen) atoms. The molecule has 2 rings (SSSR count). The average molecular weight is 292 g/mol. The highest BCUT2D eigenvalue weighted by Crippen LogP contribution is 2.25. The van der Waals surface area contributed by atoms with E-state index in [4.69, 9.17) is 16.3 Å². The minimum absolute atomic E-state index is 0.384. The molecule has 0 fully saturated rings. The van der Waals surface area contributed by atoms with Crippen molar-refractivity contribution in [3.63, 3.8) is 0 Å². The Morgan fingerprint density at radius 2 is 1.85 bits per heavy atom. The third-order valence-corrected chi connectivity index (χ3v) is 3.37. The molecule has 2 aromatic rings. The number of benzene rings is 1. The molecule has 1 aromatic carbocycles. The van der Waals surface area contributed by atoms with Crippen LogP contribution in [0.4, 0.5) is 11.5 Å². The van der Waals surface area contributed by atoms with Gasteiger partial charge in [-0.3, -0.25) is 0 Å². The molecule has 0 spiro atoms. The highest BCUT2D eigenvalue weighted by Gasteiger charge is 2.09. The van der Waals surface area contributed by atoms with Crippen molar-refractivity contribution in [2.45, 2.75) is 20.3 Å². The van der Waals surface area contributed by atoms with Gasteiger partial charge in [-0.2, -0.15) is 0 Å². The van der Waals surface area contributed by atoms with E-state index in [1.807, 2.05) is 32.0 Å². The van der Waals surface area contributed by atoms with E-state index in [2.05, 4.69) is 21.4 Å². The summed E-state index contributed by atoms with van der Waals surface area (Å²) in [5.74, 6) is 0.583. The van der Waals surface area contributed by atoms with Gasteiger partial charge in [-0.15, -0.1) is 0 Å². The lowest BCUT2D eigenvalue weighted by Crippen LogP contribution is -2.04. The normalized spacial score (nSPS) is 10.6. The predicted molar refractivity (Wildman–Crippen MR) is 81.8 cm³/mol.